The van der Waals surface area contributed by atoms with Crippen LogP contribution in [0, 0.1) is 5.82 Å². The molecule has 3 N–H and O–H groups in total. The van der Waals surface area contributed by atoms with E-state index in [1.54, 1.807) is 17.1 Å². The SMILES string of the molecule is NC(=O)c1cncc(OCc2cnc(Nc3ccc(F)c(Cl)c3)nc2-n2ncc3ccccc32)c1. The van der Waals surface area contributed by atoms with E-state index in [-0.39, 0.29) is 23.1 Å². The van der Waals surface area contributed by atoms with Gasteiger partial charge >= 0.3 is 0 Å². The number of carbonyl (C=O) groups is 1. The zero-order chi connectivity index (χ0) is 24.4. The third-order valence-corrected chi connectivity index (χ3v) is 5.38. The first-order valence-corrected chi connectivity index (χ1v) is 10.7. The van der Waals surface area contributed by atoms with E-state index in [0.717, 1.165) is 10.9 Å². The first-order valence-electron chi connectivity index (χ1n) is 10.4. The van der Waals surface area contributed by atoms with Crippen molar-refractivity contribution in [1.82, 2.24) is 24.7 Å². The Balaban J connectivity index is 1.51. The molecule has 0 unspecified atom stereocenters. The predicted octanol–water partition coefficient (Wildman–Crippen LogP) is 4.42. The molecule has 9 nitrogen and oxygen atoms in total. The number of nitrogens with zero attached hydrogens (tertiary/aromatic N) is 5. The summed E-state index contributed by atoms with van der Waals surface area (Å²) in [5.41, 5.74) is 7.53. The lowest BCUT2D eigenvalue weighted by Gasteiger charge is -2.13. The van der Waals surface area contributed by atoms with Gasteiger partial charge in [0.1, 0.15) is 18.2 Å². The number of carbonyl (C=O) groups excluding carboxylic acids is 1. The fraction of sp³-hybridized carbons (Fsp3) is 0.0417. The molecule has 2 aromatic carbocycles. The van der Waals surface area contributed by atoms with Gasteiger partial charge in [-0.2, -0.15) is 10.1 Å². The molecule has 0 aliphatic rings. The number of halogens is 2. The average molecular weight is 490 g/mol. The average Bonchev–Trinajstić information content (AvgIpc) is 3.30. The van der Waals surface area contributed by atoms with E-state index in [4.69, 9.17) is 22.1 Å². The summed E-state index contributed by atoms with van der Waals surface area (Å²) in [7, 11) is 0. The number of amides is 1. The van der Waals surface area contributed by atoms with Crippen molar-refractivity contribution in [2.45, 2.75) is 6.61 Å². The molecule has 5 rings (SSSR count). The minimum atomic E-state index is -0.605. The minimum absolute atomic E-state index is 0.0230. The topological polar surface area (TPSA) is 121 Å². The van der Waals surface area contributed by atoms with Crippen LogP contribution in [-0.4, -0.2) is 30.6 Å². The largest absolute Gasteiger partial charge is 0.487 e. The van der Waals surface area contributed by atoms with Crippen molar-refractivity contribution in [1.29, 1.82) is 0 Å². The van der Waals surface area contributed by atoms with E-state index in [1.165, 1.54) is 36.7 Å². The third-order valence-electron chi connectivity index (χ3n) is 5.09. The molecule has 0 saturated heterocycles. The maximum absolute atomic E-state index is 13.5. The number of nitrogens with two attached hydrogens (primary N) is 1. The molecule has 3 heterocycles. The molecule has 1 amide bonds. The van der Waals surface area contributed by atoms with Crippen LogP contribution in [0.15, 0.2) is 73.3 Å². The summed E-state index contributed by atoms with van der Waals surface area (Å²) in [5.74, 6) is -0.0458. The molecular formula is C24H17ClFN7O2. The minimum Gasteiger partial charge on any atom is -0.487 e. The van der Waals surface area contributed by atoms with Gasteiger partial charge in [0, 0.05) is 23.5 Å². The fourth-order valence-electron chi connectivity index (χ4n) is 3.38. The van der Waals surface area contributed by atoms with E-state index in [2.05, 4.69) is 25.4 Å². The maximum Gasteiger partial charge on any atom is 0.250 e. The normalized spacial score (nSPS) is 10.9. The number of para-hydroxylation sites is 1. The van der Waals surface area contributed by atoms with Crippen LogP contribution in [0.25, 0.3) is 16.7 Å². The molecule has 0 aliphatic heterocycles. The number of fused-ring (bicyclic) bond motifs is 1. The molecule has 3 aromatic heterocycles. The Morgan fingerprint density at radius 3 is 2.80 bits per heavy atom. The second-order valence-corrected chi connectivity index (χ2v) is 7.88. The molecule has 35 heavy (non-hydrogen) atoms. The number of nitrogens with one attached hydrogen (secondary N) is 1. The molecule has 0 bridgehead atoms. The monoisotopic (exact) mass is 489 g/mol. The van der Waals surface area contributed by atoms with E-state index in [0.29, 0.717) is 22.8 Å². The van der Waals surface area contributed by atoms with Crippen LogP contribution in [0.5, 0.6) is 5.75 Å². The van der Waals surface area contributed by atoms with Crippen LogP contribution >= 0.6 is 11.6 Å². The van der Waals surface area contributed by atoms with E-state index < -0.39 is 11.7 Å². The summed E-state index contributed by atoms with van der Waals surface area (Å²) in [6.07, 6.45) is 6.17. The molecule has 0 spiro atoms. The number of benzene rings is 2. The number of ether oxygens (including phenoxy) is 1. The van der Waals surface area contributed by atoms with Crippen molar-refractivity contribution < 1.29 is 13.9 Å². The fourth-order valence-corrected chi connectivity index (χ4v) is 3.56. The number of hydrogen-bond donors (Lipinski definition) is 2. The van der Waals surface area contributed by atoms with Gasteiger partial charge in [-0.05, 0) is 30.3 Å². The lowest BCUT2D eigenvalue weighted by Crippen LogP contribution is -2.12. The Hall–Kier alpha value is -4.57. The molecule has 0 aliphatic carbocycles. The molecule has 0 radical (unpaired) electrons. The van der Waals surface area contributed by atoms with Gasteiger partial charge in [-0.15, -0.1) is 0 Å². The summed E-state index contributed by atoms with van der Waals surface area (Å²) in [4.78, 5) is 24.4. The zero-order valence-electron chi connectivity index (χ0n) is 18.0. The Morgan fingerprint density at radius 1 is 1.11 bits per heavy atom. The summed E-state index contributed by atoms with van der Waals surface area (Å²) in [5, 5.41) is 8.42. The van der Waals surface area contributed by atoms with Crippen molar-refractivity contribution in [2.24, 2.45) is 5.73 Å². The third kappa shape index (κ3) is 4.73. The Labute approximate surface area is 203 Å². The van der Waals surface area contributed by atoms with Crippen molar-refractivity contribution >= 4 is 40.0 Å². The number of hydrogen-bond acceptors (Lipinski definition) is 7. The van der Waals surface area contributed by atoms with Crippen molar-refractivity contribution in [3.8, 4) is 11.6 Å². The number of primary amides is 1. The number of pyridine rings is 1. The lowest BCUT2D eigenvalue weighted by molar-refractivity contribution is 0.0999. The highest BCUT2D eigenvalue weighted by atomic mass is 35.5. The Kier molecular flexibility index (Phi) is 5.94. The van der Waals surface area contributed by atoms with Crippen LogP contribution in [0.3, 0.4) is 0 Å². The van der Waals surface area contributed by atoms with Crippen LogP contribution in [0.4, 0.5) is 16.0 Å². The summed E-state index contributed by atoms with van der Waals surface area (Å²) >= 11 is 5.89. The van der Waals surface area contributed by atoms with Gasteiger partial charge in [-0.25, -0.2) is 14.1 Å². The molecule has 0 atom stereocenters. The van der Waals surface area contributed by atoms with Gasteiger partial charge in [0.2, 0.25) is 11.9 Å². The second-order valence-electron chi connectivity index (χ2n) is 7.47. The summed E-state index contributed by atoms with van der Waals surface area (Å²) in [6, 6.07) is 13.4. The summed E-state index contributed by atoms with van der Waals surface area (Å²) < 4.78 is 21.1. The zero-order valence-corrected chi connectivity index (χ0v) is 18.8. The van der Waals surface area contributed by atoms with Crippen molar-refractivity contribution in [3.63, 3.8) is 0 Å². The predicted molar refractivity (Wildman–Crippen MR) is 128 cm³/mol. The van der Waals surface area contributed by atoms with Crippen LogP contribution in [0.2, 0.25) is 5.02 Å². The highest BCUT2D eigenvalue weighted by Gasteiger charge is 2.15. The quantitative estimate of drug-likeness (QED) is 0.347. The summed E-state index contributed by atoms with van der Waals surface area (Å²) in [6.45, 7) is 0.0655. The molecular weight excluding hydrogens is 473 g/mol. The molecule has 0 saturated carbocycles. The standard InChI is InChI=1S/C24H17ClFN7O2/c25-19-8-17(5-6-20(19)26)31-24-29-10-16(13-35-18-7-15(22(27)34)9-28-12-18)23(32-24)33-21-4-2-1-3-14(21)11-30-33/h1-12H,13H2,(H2,27,34)(H,29,31,32). The van der Waals surface area contributed by atoms with Crippen LogP contribution in [0.1, 0.15) is 15.9 Å². The smallest absolute Gasteiger partial charge is 0.250 e. The number of rotatable bonds is 7. The number of aromatic nitrogens is 5. The van der Waals surface area contributed by atoms with Crippen molar-refractivity contribution in [2.75, 3.05) is 5.32 Å². The van der Waals surface area contributed by atoms with Crippen LogP contribution < -0.4 is 15.8 Å². The van der Waals surface area contributed by atoms with Gasteiger partial charge in [0.15, 0.2) is 5.82 Å². The van der Waals surface area contributed by atoms with Gasteiger partial charge in [-0.3, -0.25) is 9.78 Å². The van der Waals surface area contributed by atoms with E-state index >= 15 is 0 Å². The maximum atomic E-state index is 13.5. The second kappa shape index (κ2) is 9.35. The Morgan fingerprint density at radius 2 is 1.97 bits per heavy atom. The van der Waals surface area contributed by atoms with Gasteiger partial charge in [0.05, 0.1) is 34.1 Å². The van der Waals surface area contributed by atoms with E-state index in [9.17, 15) is 9.18 Å². The van der Waals surface area contributed by atoms with Gasteiger partial charge < -0.3 is 15.8 Å². The molecule has 5 aromatic rings. The highest BCUT2D eigenvalue weighted by Crippen LogP contribution is 2.25. The first kappa shape index (κ1) is 22.2. The lowest BCUT2D eigenvalue weighted by atomic mass is 10.2. The van der Waals surface area contributed by atoms with Crippen molar-refractivity contribution in [3.05, 3.63) is 95.3 Å². The van der Waals surface area contributed by atoms with Gasteiger partial charge in [0.25, 0.3) is 0 Å². The van der Waals surface area contributed by atoms with Crippen LogP contribution in [-0.2, 0) is 6.61 Å². The van der Waals surface area contributed by atoms with Gasteiger partial charge in [-0.1, -0.05) is 29.8 Å². The molecule has 174 valence electrons. The molecule has 11 heteroatoms. The highest BCUT2D eigenvalue weighted by molar-refractivity contribution is 6.31. The van der Waals surface area contributed by atoms with E-state index in [1.807, 2.05) is 24.3 Å². The number of anilines is 2. The molecule has 0 fully saturated rings. The first-order chi connectivity index (χ1) is 17.0. The Bertz CT molecular complexity index is 1560.